The van der Waals surface area contributed by atoms with E-state index in [2.05, 4.69) is 0 Å². The number of para-hydroxylation sites is 1. The van der Waals surface area contributed by atoms with Gasteiger partial charge in [-0.15, -0.1) is 0 Å². The molecule has 0 aromatic heterocycles. The van der Waals surface area contributed by atoms with Crippen LogP contribution in [0.3, 0.4) is 0 Å². The second-order valence-electron chi connectivity index (χ2n) is 4.39. The van der Waals surface area contributed by atoms with Crippen LogP contribution in [0.2, 0.25) is 0 Å². The summed E-state index contributed by atoms with van der Waals surface area (Å²) in [4.78, 5) is 11.3. The first-order chi connectivity index (χ1) is 7.73. The first-order valence-electron chi connectivity index (χ1n) is 5.64. The van der Waals surface area contributed by atoms with E-state index in [4.69, 9.17) is 4.74 Å². The van der Waals surface area contributed by atoms with Crippen LogP contribution in [0.15, 0.2) is 30.3 Å². The highest BCUT2D eigenvalue weighted by atomic mass is 16.5. The van der Waals surface area contributed by atoms with Gasteiger partial charge in [0.05, 0.1) is 0 Å². The molecular formula is C13H16O3. The maximum Gasteiger partial charge on any atom is 0.313 e. The van der Waals surface area contributed by atoms with Crippen LogP contribution in [0.25, 0.3) is 0 Å². The van der Waals surface area contributed by atoms with E-state index in [-0.39, 0.29) is 6.61 Å². The van der Waals surface area contributed by atoms with E-state index in [1.807, 2.05) is 30.3 Å². The third-order valence-corrected chi connectivity index (χ3v) is 3.27. The number of benzene rings is 1. The summed E-state index contributed by atoms with van der Waals surface area (Å²) in [6.07, 6.45) is 3.44. The molecule has 1 N–H and O–H groups in total. The lowest BCUT2D eigenvalue weighted by molar-refractivity contribution is -0.150. The molecule has 3 nitrogen and oxygen atoms in total. The number of rotatable bonds is 4. The quantitative estimate of drug-likeness (QED) is 0.848. The van der Waals surface area contributed by atoms with Crippen molar-refractivity contribution in [3.8, 4) is 5.75 Å². The highest BCUT2D eigenvalue weighted by molar-refractivity contribution is 5.75. The lowest BCUT2D eigenvalue weighted by Crippen LogP contribution is -2.34. The highest BCUT2D eigenvalue weighted by Gasteiger charge is 2.42. The average molecular weight is 220 g/mol. The van der Waals surface area contributed by atoms with Crippen molar-refractivity contribution >= 4 is 5.97 Å². The van der Waals surface area contributed by atoms with Crippen molar-refractivity contribution in [3.05, 3.63) is 30.3 Å². The third-order valence-electron chi connectivity index (χ3n) is 3.27. The van der Waals surface area contributed by atoms with Gasteiger partial charge in [-0.1, -0.05) is 31.0 Å². The lowest BCUT2D eigenvalue weighted by atomic mass is 9.87. The average Bonchev–Trinajstić information content (AvgIpc) is 2.78. The number of carbonyl (C=O) groups is 1. The second-order valence-corrected chi connectivity index (χ2v) is 4.39. The van der Waals surface area contributed by atoms with Gasteiger partial charge in [0.1, 0.15) is 17.8 Å². The van der Waals surface area contributed by atoms with E-state index in [1.165, 1.54) is 0 Å². The van der Waals surface area contributed by atoms with Crippen molar-refractivity contribution in [2.75, 3.05) is 6.61 Å². The van der Waals surface area contributed by atoms with Crippen molar-refractivity contribution in [1.82, 2.24) is 0 Å². The van der Waals surface area contributed by atoms with E-state index >= 15 is 0 Å². The molecule has 0 radical (unpaired) electrons. The van der Waals surface area contributed by atoms with Crippen molar-refractivity contribution < 1.29 is 14.6 Å². The molecule has 0 amide bonds. The molecule has 1 aliphatic carbocycles. The van der Waals surface area contributed by atoms with Gasteiger partial charge in [0.25, 0.3) is 0 Å². The van der Waals surface area contributed by atoms with Crippen LogP contribution in [0.4, 0.5) is 0 Å². The van der Waals surface area contributed by atoms with Gasteiger partial charge >= 0.3 is 5.97 Å². The zero-order chi connectivity index (χ0) is 11.4. The van der Waals surface area contributed by atoms with Crippen molar-refractivity contribution in [2.45, 2.75) is 25.7 Å². The van der Waals surface area contributed by atoms with E-state index < -0.39 is 11.4 Å². The minimum absolute atomic E-state index is 0.284. The zero-order valence-corrected chi connectivity index (χ0v) is 9.19. The fourth-order valence-corrected chi connectivity index (χ4v) is 2.21. The Labute approximate surface area is 95.0 Å². The van der Waals surface area contributed by atoms with Crippen LogP contribution in [0.1, 0.15) is 25.7 Å². The first-order valence-corrected chi connectivity index (χ1v) is 5.64. The largest absolute Gasteiger partial charge is 0.492 e. The van der Waals surface area contributed by atoms with Gasteiger partial charge in [0.15, 0.2) is 0 Å². The Kier molecular flexibility index (Phi) is 3.13. The monoisotopic (exact) mass is 220 g/mol. The minimum atomic E-state index is -0.721. The number of ether oxygens (including phenoxy) is 1. The van der Waals surface area contributed by atoms with Crippen LogP contribution in [-0.2, 0) is 4.79 Å². The highest BCUT2D eigenvalue weighted by Crippen LogP contribution is 2.38. The number of aliphatic carboxylic acids is 1. The smallest absolute Gasteiger partial charge is 0.313 e. The zero-order valence-electron chi connectivity index (χ0n) is 9.19. The maximum atomic E-state index is 11.3. The number of carboxylic acid groups (broad SMARTS) is 1. The van der Waals surface area contributed by atoms with Gasteiger partial charge < -0.3 is 9.84 Å². The summed E-state index contributed by atoms with van der Waals surface area (Å²) in [6.45, 7) is 0.284. The molecule has 0 aliphatic heterocycles. The summed E-state index contributed by atoms with van der Waals surface area (Å²) in [6, 6.07) is 9.39. The van der Waals surface area contributed by atoms with Gasteiger partial charge in [-0.2, -0.15) is 0 Å². The Morgan fingerprint density at radius 2 is 1.88 bits per heavy atom. The summed E-state index contributed by atoms with van der Waals surface area (Å²) >= 11 is 0. The molecule has 3 heteroatoms. The number of hydrogen-bond donors (Lipinski definition) is 1. The molecule has 0 atom stereocenters. The number of hydrogen-bond acceptors (Lipinski definition) is 2. The van der Waals surface area contributed by atoms with Crippen LogP contribution in [-0.4, -0.2) is 17.7 Å². The molecule has 2 rings (SSSR count). The molecule has 16 heavy (non-hydrogen) atoms. The van der Waals surface area contributed by atoms with Crippen LogP contribution in [0.5, 0.6) is 5.75 Å². The van der Waals surface area contributed by atoms with Gasteiger partial charge in [0.2, 0.25) is 0 Å². The molecule has 0 unspecified atom stereocenters. The summed E-state index contributed by atoms with van der Waals surface area (Å²) in [7, 11) is 0. The minimum Gasteiger partial charge on any atom is -0.492 e. The van der Waals surface area contributed by atoms with E-state index in [9.17, 15) is 9.90 Å². The van der Waals surface area contributed by atoms with Crippen molar-refractivity contribution in [2.24, 2.45) is 5.41 Å². The van der Waals surface area contributed by atoms with Crippen molar-refractivity contribution in [1.29, 1.82) is 0 Å². The molecule has 0 spiro atoms. The molecule has 0 bridgehead atoms. The van der Waals surface area contributed by atoms with Gasteiger partial charge in [-0.05, 0) is 25.0 Å². The summed E-state index contributed by atoms with van der Waals surface area (Å²) in [5.41, 5.74) is -0.657. The molecule has 0 heterocycles. The Morgan fingerprint density at radius 3 is 2.44 bits per heavy atom. The SMILES string of the molecule is O=C(O)C1(COc2ccccc2)CCCC1. The Balaban J connectivity index is 2.00. The summed E-state index contributed by atoms with van der Waals surface area (Å²) in [5, 5.41) is 9.26. The Bertz CT molecular complexity index is 353. The first kappa shape index (κ1) is 11.0. The van der Waals surface area contributed by atoms with Gasteiger partial charge in [0, 0.05) is 0 Å². The fourth-order valence-electron chi connectivity index (χ4n) is 2.21. The van der Waals surface area contributed by atoms with Crippen LogP contribution in [0, 0.1) is 5.41 Å². The van der Waals surface area contributed by atoms with Crippen LogP contribution >= 0.6 is 0 Å². The summed E-state index contributed by atoms with van der Waals surface area (Å²) in [5.74, 6) is 0.0240. The summed E-state index contributed by atoms with van der Waals surface area (Å²) < 4.78 is 5.57. The van der Waals surface area contributed by atoms with E-state index in [0.29, 0.717) is 0 Å². The fraction of sp³-hybridized carbons (Fsp3) is 0.462. The van der Waals surface area contributed by atoms with E-state index in [1.54, 1.807) is 0 Å². The molecule has 1 aliphatic rings. The molecule has 1 aromatic rings. The molecule has 1 saturated carbocycles. The molecule has 0 saturated heterocycles. The maximum absolute atomic E-state index is 11.3. The topological polar surface area (TPSA) is 46.5 Å². The normalized spacial score (nSPS) is 18.2. The molecule has 1 fully saturated rings. The van der Waals surface area contributed by atoms with Gasteiger partial charge in [-0.25, -0.2) is 0 Å². The number of carboxylic acids is 1. The second kappa shape index (κ2) is 4.56. The van der Waals surface area contributed by atoms with Crippen molar-refractivity contribution in [3.63, 3.8) is 0 Å². The van der Waals surface area contributed by atoms with Gasteiger partial charge in [-0.3, -0.25) is 4.79 Å². The molecular weight excluding hydrogens is 204 g/mol. The van der Waals surface area contributed by atoms with Crippen LogP contribution < -0.4 is 4.74 Å². The predicted octanol–water partition coefficient (Wildman–Crippen LogP) is 2.71. The molecule has 1 aromatic carbocycles. The van der Waals surface area contributed by atoms with E-state index in [0.717, 1.165) is 31.4 Å². The third kappa shape index (κ3) is 2.18. The standard InChI is InChI=1S/C13H16O3/c14-12(15)13(8-4-5-9-13)10-16-11-6-2-1-3-7-11/h1-3,6-7H,4-5,8-10H2,(H,14,15). The molecule has 86 valence electrons. The predicted molar refractivity (Wildman–Crippen MR) is 60.5 cm³/mol. The Hall–Kier alpha value is -1.51. The Morgan fingerprint density at radius 1 is 1.25 bits per heavy atom. The lowest BCUT2D eigenvalue weighted by Gasteiger charge is -2.23.